The van der Waals surface area contributed by atoms with E-state index in [1.54, 1.807) is 24.3 Å². The van der Waals surface area contributed by atoms with Crippen LogP contribution in [0.5, 0.6) is 0 Å². The predicted molar refractivity (Wildman–Crippen MR) is 95.3 cm³/mol. The number of nitrogens with one attached hydrogen (secondary N) is 2. The van der Waals surface area contributed by atoms with Gasteiger partial charge in [-0.2, -0.15) is 0 Å². The third-order valence-electron chi connectivity index (χ3n) is 3.54. The van der Waals surface area contributed by atoms with Gasteiger partial charge in [0.15, 0.2) is 0 Å². The molecule has 0 unspecified atom stereocenters. The van der Waals surface area contributed by atoms with Crippen molar-refractivity contribution >= 4 is 23.3 Å². The molecule has 2 N–H and O–H groups in total. The lowest BCUT2D eigenvalue weighted by Crippen LogP contribution is -2.21. The number of hydrogen-bond donors (Lipinski definition) is 2. The molecule has 2 aromatic rings. The molecule has 0 fully saturated rings. The molecule has 0 aromatic heterocycles. The third-order valence-corrected chi connectivity index (χ3v) is 3.54. The lowest BCUT2D eigenvalue weighted by atomic mass is 10.1. The highest BCUT2D eigenvalue weighted by molar-refractivity contribution is 5.94. The summed E-state index contributed by atoms with van der Waals surface area (Å²) in [4.78, 5) is 23.3. The molecule has 2 rings (SSSR count). The fourth-order valence-corrected chi connectivity index (χ4v) is 2.27. The van der Waals surface area contributed by atoms with E-state index >= 15 is 0 Å². The Hall–Kier alpha value is -2.82. The first-order valence-electron chi connectivity index (χ1n) is 7.93. The number of methoxy groups -OCH3 is 1. The van der Waals surface area contributed by atoms with Crippen molar-refractivity contribution in [2.45, 2.75) is 19.8 Å². The highest BCUT2D eigenvalue weighted by Crippen LogP contribution is 2.12. The highest BCUT2D eigenvalue weighted by atomic mass is 16.5. The van der Waals surface area contributed by atoms with Crippen molar-refractivity contribution in [2.75, 3.05) is 24.3 Å². The van der Waals surface area contributed by atoms with Crippen LogP contribution < -0.4 is 10.6 Å². The average Bonchev–Trinajstić information content (AvgIpc) is 2.61. The van der Waals surface area contributed by atoms with Crippen molar-refractivity contribution in [1.29, 1.82) is 0 Å². The van der Waals surface area contributed by atoms with E-state index in [1.807, 2.05) is 24.3 Å². The standard InChI is InChI=1S/C19H22N2O3/c1-3-4-14-5-9-17(10-6-14)21-18(22)13-20-16-11-7-15(8-12-16)19(23)24-2/h5-12,20H,3-4,13H2,1-2H3,(H,21,22). The van der Waals surface area contributed by atoms with Crippen LogP contribution in [0.15, 0.2) is 48.5 Å². The van der Waals surface area contributed by atoms with E-state index in [0.717, 1.165) is 24.2 Å². The molecule has 5 heteroatoms. The molecule has 1 amide bonds. The van der Waals surface area contributed by atoms with Crippen molar-refractivity contribution in [3.63, 3.8) is 0 Å². The molecule has 0 aliphatic heterocycles. The van der Waals surface area contributed by atoms with Gasteiger partial charge < -0.3 is 15.4 Å². The van der Waals surface area contributed by atoms with Gasteiger partial charge in [0.1, 0.15) is 0 Å². The van der Waals surface area contributed by atoms with Crippen molar-refractivity contribution < 1.29 is 14.3 Å². The van der Waals surface area contributed by atoms with Crippen LogP contribution in [-0.2, 0) is 16.0 Å². The average molecular weight is 326 g/mol. The summed E-state index contributed by atoms with van der Waals surface area (Å²) in [5, 5.41) is 5.86. The van der Waals surface area contributed by atoms with Crippen LogP contribution in [-0.4, -0.2) is 25.5 Å². The molecule has 5 nitrogen and oxygen atoms in total. The van der Waals surface area contributed by atoms with Gasteiger partial charge in [-0.05, 0) is 48.4 Å². The van der Waals surface area contributed by atoms with Gasteiger partial charge in [-0.15, -0.1) is 0 Å². The van der Waals surface area contributed by atoms with Gasteiger partial charge in [0.05, 0.1) is 19.2 Å². The molecule has 0 bridgehead atoms. The van der Waals surface area contributed by atoms with Gasteiger partial charge in [0.25, 0.3) is 0 Å². The number of aryl methyl sites for hydroxylation is 1. The monoisotopic (exact) mass is 326 g/mol. The van der Waals surface area contributed by atoms with Crippen LogP contribution in [0.4, 0.5) is 11.4 Å². The van der Waals surface area contributed by atoms with Gasteiger partial charge in [0.2, 0.25) is 5.91 Å². The van der Waals surface area contributed by atoms with E-state index in [-0.39, 0.29) is 18.4 Å². The second-order valence-electron chi connectivity index (χ2n) is 5.42. The molecule has 0 heterocycles. The Labute approximate surface area is 142 Å². The SMILES string of the molecule is CCCc1ccc(NC(=O)CNc2ccc(C(=O)OC)cc2)cc1. The lowest BCUT2D eigenvalue weighted by molar-refractivity contribution is -0.114. The van der Waals surface area contributed by atoms with E-state index in [1.165, 1.54) is 12.7 Å². The summed E-state index contributed by atoms with van der Waals surface area (Å²) in [5.41, 5.74) is 3.28. The highest BCUT2D eigenvalue weighted by Gasteiger charge is 2.06. The number of esters is 1. The number of ether oxygens (including phenoxy) is 1. The van der Waals surface area contributed by atoms with Crippen LogP contribution in [0.25, 0.3) is 0 Å². The lowest BCUT2D eigenvalue weighted by Gasteiger charge is -2.09. The van der Waals surface area contributed by atoms with Gasteiger partial charge in [-0.25, -0.2) is 4.79 Å². The zero-order valence-electron chi connectivity index (χ0n) is 14.0. The van der Waals surface area contributed by atoms with Gasteiger partial charge in [-0.3, -0.25) is 4.79 Å². The zero-order chi connectivity index (χ0) is 17.4. The van der Waals surface area contributed by atoms with Gasteiger partial charge in [-0.1, -0.05) is 25.5 Å². The molecule has 0 radical (unpaired) electrons. The summed E-state index contributed by atoms with van der Waals surface area (Å²) in [6.07, 6.45) is 2.14. The third kappa shape index (κ3) is 5.12. The first kappa shape index (κ1) is 17.5. The molecular weight excluding hydrogens is 304 g/mol. The van der Waals surface area contributed by atoms with Crippen molar-refractivity contribution in [3.8, 4) is 0 Å². The number of rotatable bonds is 7. The molecule has 2 aromatic carbocycles. The first-order chi connectivity index (χ1) is 11.6. The predicted octanol–water partition coefficient (Wildman–Crippen LogP) is 3.48. The van der Waals surface area contributed by atoms with E-state index in [9.17, 15) is 9.59 Å². The van der Waals surface area contributed by atoms with E-state index in [2.05, 4.69) is 22.3 Å². The fourth-order valence-electron chi connectivity index (χ4n) is 2.27. The van der Waals surface area contributed by atoms with E-state index in [0.29, 0.717) is 5.56 Å². The smallest absolute Gasteiger partial charge is 0.337 e. The van der Waals surface area contributed by atoms with Crippen LogP contribution in [0.1, 0.15) is 29.3 Å². The topological polar surface area (TPSA) is 67.4 Å². The number of carbonyl (C=O) groups is 2. The Morgan fingerprint density at radius 2 is 1.58 bits per heavy atom. The summed E-state index contributed by atoms with van der Waals surface area (Å²) in [6.45, 7) is 2.29. The minimum atomic E-state index is -0.384. The molecule has 0 saturated heterocycles. The number of amides is 1. The quantitative estimate of drug-likeness (QED) is 0.765. The summed E-state index contributed by atoms with van der Waals surface area (Å²) in [7, 11) is 1.34. The summed E-state index contributed by atoms with van der Waals surface area (Å²) < 4.78 is 4.64. The molecule has 0 saturated carbocycles. The van der Waals surface area contributed by atoms with Crippen molar-refractivity contribution in [3.05, 3.63) is 59.7 Å². The summed E-state index contributed by atoms with van der Waals surface area (Å²) in [6, 6.07) is 14.6. The Morgan fingerprint density at radius 1 is 0.958 bits per heavy atom. The Kier molecular flexibility index (Phi) is 6.37. The van der Waals surface area contributed by atoms with Crippen LogP contribution >= 0.6 is 0 Å². The van der Waals surface area contributed by atoms with E-state index < -0.39 is 0 Å². The molecule has 126 valence electrons. The molecule has 0 atom stereocenters. The molecular formula is C19H22N2O3. The van der Waals surface area contributed by atoms with Gasteiger partial charge >= 0.3 is 5.97 Å². The minimum absolute atomic E-state index is 0.129. The fraction of sp³-hybridized carbons (Fsp3) is 0.263. The normalized spacial score (nSPS) is 10.1. The Morgan fingerprint density at radius 3 is 2.17 bits per heavy atom. The minimum Gasteiger partial charge on any atom is -0.465 e. The summed E-state index contributed by atoms with van der Waals surface area (Å²) >= 11 is 0. The largest absolute Gasteiger partial charge is 0.465 e. The van der Waals surface area contributed by atoms with Crippen LogP contribution in [0.2, 0.25) is 0 Å². The maximum atomic E-state index is 12.0. The van der Waals surface area contributed by atoms with Crippen LogP contribution in [0.3, 0.4) is 0 Å². The summed E-state index contributed by atoms with van der Waals surface area (Å²) in [5.74, 6) is -0.513. The van der Waals surface area contributed by atoms with Crippen molar-refractivity contribution in [1.82, 2.24) is 0 Å². The molecule has 24 heavy (non-hydrogen) atoms. The second kappa shape index (κ2) is 8.72. The van der Waals surface area contributed by atoms with Crippen LogP contribution in [0, 0.1) is 0 Å². The number of carbonyl (C=O) groups excluding carboxylic acids is 2. The first-order valence-corrected chi connectivity index (χ1v) is 7.93. The number of hydrogen-bond acceptors (Lipinski definition) is 4. The zero-order valence-corrected chi connectivity index (χ0v) is 14.0. The van der Waals surface area contributed by atoms with Gasteiger partial charge in [0, 0.05) is 11.4 Å². The molecule has 0 aliphatic rings. The van der Waals surface area contributed by atoms with E-state index in [4.69, 9.17) is 0 Å². The maximum Gasteiger partial charge on any atom is 0.337 e. The Balaban J connectivity index is 1.83. The second-order valence-corrected chi connectivity index (χ2v) is 5.42. The van der Waals surface area contributed by atoms with Crippen molar-refractivity contribution in [2.24, 2.45) is 0 Å². The Bertz CT molecular complexity index is 679. The number of anilines is 2. The maximum absolute atomic E-state index is 12.0. The molecule has 0 spiro atoms. The number of benzene rings is 2. The molecule has 0 aliphatic carbocycles.